The number of amides is 1. The number of benzene rings is 2. The Bertz CT molecular complexity index is 951. The van der Waals surface area contributed by atoms with Gasteiger partial charge in [0.05, 0.1) is 18.2 Å². The molecule has 0 aliphatic carbocycles. The minimum atomic E-state index is -0.227. The number of rotatable bonds is 10. The van der Waals surface area contributed by atoms with Crippen molar-refractivity contribution in [1.82, 2.24) is 15.0 Å². The molecule has 156 valence electrons. The Kier molecular flexibility index (Phi) is 8.30. The van der Waals surface area contributed by atoms with Gasteiger partial charge in [-0.3, -0.25) is 4.79 Å². The summed E-state index contributed by atoms with van der Waals surface area (Å²) < 4.78 is 1.73. The smallest absolute Gasteiger partial charge is 0.260 e. The van der Waals surface area contributed by atoms with Crippen LogP contribution in [0.5, 0.6) is 0 Å². The van der Waals surface area contributed by atoms with Crippen LogP contribution in [0.15, 0.2) is 72.2 Å². The summed E-state index contributed by atoms with van der Waals surface area (Å²) in [5.74, 6) is 0.849. The van der Waals surface area contributed by atoms with Gasteiger partial charge in [0.2, 0.25) is 0 Å². The maximum absolute atomic E-state index is 12.1. The first-order valence-corrected chi connectivity index (χ1v) is 10.6. The molecular formula is C22H23Cl2N5O. The van der Waals surface area contributed by atoms with E-state index < -0.39 is 0 Å². The topological polar surface area (TPSA) is 62.5 Å². The third kappa shape index (κ3) is 6.34. The quantitative estimate of drug-likeness (QED) is 0.292. The minimum absolute atomic E-state index is 0.141. The second-order valence-electron chi connectivity index (χ2n) is 6.55. The van der Waals surface area contributed by atoms with E-state index >= 15 is 0 Å². The molecule has 1 heterocycles. The average Bonchev–Trinajstić information content (AvgIpc) is 3.23. The summed E-state index contributed by atoms with van der Waals surface area (Å²) in [7, 11) is 0. The summed E-state index contributed by atoms with van der Waals surface area (Å²) in [6, 6.07) is 17.7. The number of aromatic nitrogens is 2. The lowest BCUT2D eigenvalue weighted by atomic mass is 10.2. The van der Waals surface area contributed by atoms with Crippen LogP contribution in [0.25, 0.3) is 11.3 Å². The summed E-state index contributed by atoms with van der Waals surface area (Å²) in [5, 5.41) is 4.04. The van der Waals surface area contributed by atoms with Gasteiger partial charge in [-0.25, -0.2) is 10.4 Å². The lowest BCUT2D eigenvalue weighted by Gasteiger charge is -2.22. The van der Waals surface area contributed by atoms with Crippen molar-refractivity contribution < 1.29 is 4.79 Å². The number of hydrazone groups is 1. The van der Waals surface area contributed by atoms with Crippen LogP contribution >= 0.6 is 23.2 Å². The van der Waals surface area contributed by atoms with Crippen molar-refractivity contribution in [2.24, 2.45) is 5.10 Å². The molecule has 1 aromatic heterocycles. The Balaban J connectivity index is 1.51. The molecule has 3 aromatic rings. The lowest BCUT2D eigenvalue weighted by molar-refractivity contribution is -0.121. The summed E-state index contributed by atoms with van der Waals surface area (Å²) >= 11 is 11.7. The Hall–Kier alpha value is -2.83. The van der Waals surface area contributed by atoms with Gasteiger partial charge >= 0.3 is 0 Å². The van der Waals surface area contributed by atoms with Gasteiger partial charge in [-0.15, -0.1) is 23.2 Å². The average molecular weight is 444 g/mol. The van der Waals surface area contributed by atoms with Crippen molar-refractivity contribution in [2.75, 3.05) is 29.7 Å². The van der Waals surface area contributed by atoms with E-state index in [2.05, 4.69) is 20.4 Å². The molecular weight excluding hydrogens is 421 g/mol. The monoisotopic (exact) mass is 443 g/mol. The number of hydrogen-bond acceptors (Lipinski definition) is 4. The van der Waals surface area contributed by atoms with Crippen molar-refractivity contribution in [3.63, 3.8) is 0 Å². The van der Waals surface area contributed by atoms with Crippen LogP contribution in [-0.2, 0) is 11.3 Å². The molecule has 0 bridgehead atoms. The summed E-state index contributed by atoms with van der Waals surface area (Å²) in [6.45, 7) is 1.61. The van der Waals surface area contributed by atoms with Crippen LogP contribution in [0.4, 0.5) is 5.69 Å². The number of carbonyl (C=O) groups is 1. The molecule has 3 rings (SSSR count). The van der Waals surface area contributed by atoms with Gasteiger partial charge in [0.25, 0.3) is 5.91 Å². The van der Waals surface area contributed by atoms with E-state index in [1.165, 1.54) is 0 Å². The van der Waals surface area contributed by atoms with Gasteiger partial charge in [0.1, 0.15) is 6.54 Å². The van der Waals surface area contributed by atoms with Crippen LogP contribution in [-0.4, -0.2) is 46.5 Å². The normalized spacial score (nSPS) is 11.0. The first kappa shape index (κ1) is 21.9. The molecule has 1 amide bonds. The van der Waals surface area contributed by atoms with Gasteiger partial charge in [0, 0.05) is 42.3 Å². The molecule has 0 aliphatic rings. The molecule has 0 atom stereocenters. The maximum atomic E-state index is 12.1. The Morgan fingerprint density at radius 2 is 1.77 bits per heavy atom. The number of imidazole rings is 1. The SMILES string of the molecule is O=C(Cn1cnc(-c2ccccc2)c1)N/N=C\c1ccc(N(CCCl)CCCl)cc1. The summed E-state index contributed by atoms with van der Waals surface area (Å²) in [5.41, 5.74) is 6.30. The molecule has 0 aliphatic heterocycles. The summed E-state index contributed by atoms with van der Waals surface area (Å²) in [6.07, 6.45) is 5.08. The van der Waals surface area contributed by atoms with Gasteiger partial charge in [-0.1, -0.05) is 42.5 Å². The Morgan fingerprint density at radius 3 is 2.43 bits per heavy atom. The second kappa shape index (κ2) is 11.4. The largest absolute Gasteiger partial charge is 0.369 e. The molecule has 0 spiro atoms. The van der Waals surface area contributed by atoms with Crippen LogP contribution in [0.3, 0.4) is 0 Å². The number of alkyl halides is 2. The molecule has 1 N–H and O–H groups in total. The molecule has 0 saturated carbocycles. The molecule has 2 aromatic carbocycles. The zero-order valence-electron chi connectivity index (χ0n) is 16.4. The number of nitrogens with zero attached hydrogens (tertiary/aromatic N) is 4. The fourth-order valence-electron chi connectivity index (χ4n) is 2.93. The van der Waals surface area contributed by atoms with E-state index in [1.807, 2.05) is 60.8 Å². The fourth-order valence-corrected chi connectivity index (χ4v) is 3.34. The predicted octanol–water partition coefficient (Wildman–Crippen LogP) is 3.98. The highest BCUT2D eigenvalue weighted by atomic mass is 35.5. The van der Waals surface area contributed by atoms with E-state index in [4.69, 9.17) is 23.2 Å². The number of hydrogen-bond donors (Lipinski definition) is 1. The molecule has 0 saturated heterocycles. The van der Waals surface area contributed by atoms with Crippen molar-refractivity contribution in [1.29, 1.82) is 0 Å². The molecule has 30 heavy (non-hydrogen) atoms. The van der Waals surface area contributed by atoms with Crippen LogP contribution < -0.4 is 10.3 Å². The van der Waals surface area contributed by atoms with E-state index in [1.54, 1.807) is 17.1 Å². The predicted molar refractivity (Wildman–Crippen MR) is 123 cm³/mol. The van der Waals surface area contributed by atoms with Crippen molar-refractivity contribution in [3.8, 4) is 11.3 Å². The van der Waals surface area contributed by atoms with Crippen molar-refractivity contribution in [3.05, 3.63) is 72.7 Å². The van der Waals surface area contributed by atoms with E-state index in [-0.39, 0.29) is 12.5 Å². The number of nitrogens with one attached hydrogen (secondary N) is 1. The van der Waals surface area contributed by atoms with Crippen LogP contribution in [0.2, 0.25) is 0 Å². The van der Waals surface area contributed by atoms with E-state index in [9.17, 15) is 4.79 Å². The first-order chi connectivity index (χ1) is 14.7. The molecule has 0 unspecified atom stereocenters. The van der Waals surface area contributed by atoms with Crippen molar-refractivity contribution >= 4 is 41.0 Å². The standard InChI is InChI=1S/C22H23Cl2N5O/c23-10-12-29(13-11-24)20-8-6-18(7-9-20)14-26-27-22(30)16-28-15-21(25-17-28)19-4-2-1-3-5-19/h1-9,14-15,17H,10-13,16H2,(H,27,30)/b26-14-. The van der Waals surface area contributed by atoms with Gasteiger partial charge < -0.3 is 9.47 Å². The minimum Gasteiger partial charge on any atom is -0.369 e. The van der Waals surface area contributed by atoms with Gasteiger partial charge in [-0.05, 0) is 17.7 Å². The van der Waals surface area contributed by atoms with E-state index in [0.717, 1.165) is 35.6 Å². The second-order valence-corrected chi connectivity index (χ2v) is 7.30. The molecule has 8 heteroatoms. The first-order valence-electron chi connectivity index (χ1n) is 9.55. The highest BCUT2D eigenvalue weighted by Gasteiger charge is 2.06. The zero-order valence-corrected chi connectivity index (χ0v) is 17.9. The van der Waals surface area contributed by atoms with Gasteiger partial charge in [0.15, 0.2) is 0 Å². The van der Waals surface area contributed by atoms with E-state index in [0.29, 0.717) is 11.8 Å². The van der Waals surface area contributed by atoms with Crippen LogP contribution in [0.1, 0.15) is 5.56 Å². The van der Waals surface area contributed by atoms with Crippen molar-refractivity contribution in [2.45, 2.75) is 6.54 Å². The number of anilines is 1. The molecule has 0 fully saturated rings. The number of carbonyl (C=O) groups excluding carboxylic acids is 1. The van der Waals surface area contributed by atoms with Gasteiger partial charge in [-0.2, -0.15) is 5.10 Å². The lowest BCUT2D eigenvalue weighted by Crippen LogP contribution is -2.27. The number of halogens is 2. The third-order valence-electron chi connectivity index (χ3n) is 4.40. The highest BCUT2D eigenvalue weighted by molar-refractivity contribution is 6.18. The van der Waals surface area contributed by atoms with Crippen LogP contribution in [0, 0.1) is 0 Å². The Labute approximate surface area is 186 Å². The zero-order chi connectivity index (χ0) is 21.2. The maximum Gasteiger partial charge on any atom is 0.260 e. The fraction of sp³-hybridized carbons (Fsp3) is 0.227. The Morgan fingerprint density at radius 1 is 1.07 bits per heavy atom. The third-order valence-corrected chi connectivity index (χ3v) is 4.74. The highest BCUT2D eigenvalue weighted by Crippen LogP contribution is 2.16. The molecule has 0 radical (unpaired) electrons. The summed E-state index contributed by atoms with van der Waals surface area (Å²) in [4.78, 5) is 18.6. The molecule has 6 nitrogen and oxygen atoms in total.